The highest BCUT2D eigenvalue weighted by Crippen LogP contribution is 2.16. The maximum absolute atomic E-state index is 10.5. The molecule has 0 N–H and O–H groups in total. The largest absolute Gasteiger partial charge is 0.381 e. The number of imidazole rings is 1. The summed E-state index contributed by atoms with van der Waals surface area (Å²) in [6.45, 7) is 5.10. The highest BCUT2D eigenvalue weighted by Gasteiger charge is 2.21. The summed E-state index contributed by atoms with van der Waals surface area (Å²) in [6, 6.07) is 0. The lowest BCUT2D eigenvalue weighted by atomic mass is 10.3. The van der Waals surface area contributed by atoms with Crippen LogP contribution in [-0.4, -0.2) is 45.7 Å². The average molecular weight is 226 g/mol. The van der Waals surface area contributed by atoms with Crippen molar-refractivity contribution in [1.82, 2.24) is 14.5 Å². The van der Waals surface area contributed by atoms with Crippen molar-refractivity contribution in [2.75, 3.05) is 26.3 Å². The SMILES string of the molecule is CC(N1CCOCC1)n1cnc([N+](=O)[O-])c1. The van der Waals surface area contributed by atoms with Crippen LogP contribution in [0.3, 0.4) is 0 Å². The Balaban J connectivity index is 2.07. The van der Waals surface area contributed by atoms with Crippen molar-refractivity contribution in [1.29, 1.82) is 0 Å². The number of morpholine rings is 1. The number of hydrogen-bond donors (Lipinski definition) is 0. The molecular weight excluding hydrogens is 212 g/mol. The van der Waals surface area contributed by atoms with E-state index < -0.39 is 4.92 Å². The van der Waals surface area contributed by atoms with E-state index in [2.05, 4.69) is 9.88 Å². The summed E-state index contributed by atoms with van der Waals surface area (Å²) >= 11 is 0. The van der Waals surface area contributed by atoms with E-state index in [-0.39, 0.29) is 12.0 Å². The maximum Gasteiger partial charge on any atom is 0.381 e. The number of ether oxygens (including phenoxy) is 1. The van der Waals surface area contributed by atoms with Crippen LogP contribution in [0.2, 0.25) is 0 Å². The van der Waals surface area contributed by atoms with Crippen LogP contribution in [0.15, 0.2) is 12.5 Å². The molecular formula is C9H14N4O3. The third-order valence-corrected chi connectivity index (χ3v) is 2.78. The quantitative estimate of drug-likeness (QED) is 0.558. The molecule has 16 heavy (non-hydrogen) atoms. The summed E-state index contributed by atoms with van der Waals surface area (Å²) in [5, 5.41) is 10.5. The van der Waals surface area contributed by atoms with Gasteiger partial charge in [0.05, 0.1) is 19.4 Å². The topological polar surface area (TPSA) is 73.4 Å². The predicted molar refractivity (Wildman–Crippen MR) is 56.0 cm³/mol. The van der Waals surface area contributed by atoms with Crippen molar-refractivity contribution in [2.45, 2.75) is 13.1 Å². The van der Waals surface area contributed by atoms with Gasteiger partial charge in [0.15, 0.2) is 0 Å². The zero-order chi connectivity index (χ0) is 11.5. The lowest BCUT2D eigenvalue weighted by Gasteiger charge is -2.32. The van der Waals surface area contributed by atoms with Gasteiger partial charge in [-0.25, -0.2) is 0 Å². The summed E-state index contributed by atoms with van der Waals surface area (Å²) in [5.74, 6) is -0.111. The van der Waals surface area contributed by atoms with Gasteiger partial charge in [0.2, 0.25) is 6.33 Å². The van der Waals surface area contributed by atoms with Gasteiger partial charge in [0, 0.05) is 13.1 Å². The molecule has 0 radical (unpaired) electrons. The first-order valence-corrected chi connectivity index (χ1v) is 5.18. The second-order valence-corrected chi connectivity index (χ2v) is 3.72. The second kappa shape index (κ2) is 4.58. The molecule has 1 aromatic heterocycles. The van der Waals surface area contributed by atoms with Crippen LogP contribution in [0.25, 0.3) is 0 Å². The fourth-order valence-corrected chi connectivity index (χ4v) is 1.76. The van der Waals surface area contributed by atoms with Gasteiger partial charge in [-0.05, 0) is 16.8 Å². The normalized spacial score (nSPS) is 19.6. The number of hydrogen-bond acceptors (Lipinski definition) is 5. The Bertz CT molecular complexity index is 373. The minimum absolute atomic E-state index is 0.0742. The van der Waals surface area contributed by atoms with Gasteiger partial charge in [-0.1, -0.05) is 0 Å². The van der Waals surface area contributed by atoms with Crippen LogP contribution < -0.4 is 0 Å². The lowest BCUT2D eigenvalue weighted by molar-refractivity contribution is -0.389. The zero-order valence-corrected chi connectivity index (χ0v) is 9.07. The van der Waals surface area contributed by atoms with Crippen molar-refractivity contribution >= 4 is 5.82 Å². The van der Waals surface area contributed by atoms with Crippen molar-refractivity contribution in [3.8, 4) is 0 Å². The van der Waals surface area contributed by atoms with Crippen LogP contribution in [-0.2, 0) is 4.74 Å². The smallest absolute Gasteiger partial charge is 0.379 e. The molecule has 1 aliphatic heterocycles. The number of nitro groups is 1. The van der Waals surface area contributed by atoms with Crippen molar-refractivity contribution < 1.29 is 9.66 Å². The van der Waals surface area contributed by atoms with Crippen molar-refractivity contribution in [3.63, 3.8) is 0 Å². The number of aromatic nitrogens is 2. The molecule has 7 heteroatoms. The Morgan fingerprint density at radius 1 is 1.56 bits per heavy atom. The second-order valence-electron chi connectivity index (χ2n) is 3.72. The van der Waals surface area contributed by atoms with E-state index in [0.29, 0.717) is 13.2 Å². The van der Waals surface area contributed by atoms with E-state index >= 15 is 0 Å². The Kier molecular flexibility index (Phi) is 3.16. The van der Waals surface area contributed by atoms with Crippen LogP contribution in [0, 0.1) is 10.1 Å². The first kappa shape index (κ1) is 11.0. The number of rotatable bonds is 3. The van der Waals surface area contributed by atoms with E-state index in [0.717, 1.165) is 13.1 Å². The standard InChI is InChI=1S/C9H14N4O3/c1-8(11-2-4-16-5-3-11)12-6-9(10-7-12)13(14)15/h6-8H,2-5H2,1H3. The van der Waals surface area contributed by atoms with E-state index in [1.165, 1.54) is 12.5 Å². The minimum Gasteiger partial charge on any atom is -0.379 e. The molecule has 7 nitrogen and oxygen atoms in total. The molecule has 2 heterocycles. The fraction of sp³-hybridized carbons (Fsp3) is 0.667. The molecule has 1 fully saturated rings. The monoisotopic (exact) mass is 226 g/mol. The zero-order valence-electron chi connectivity index (χ0n) is 9.07. The fourth-order valence-electron chi connectivity index (χ4n) is 1.76. The summed E-state index contributed by atoms with van der Waals surface area (Å²) in [7, 11) is 0. The molecule has 0 aromatic carbocycles. The molecule has 0 aliphatic carbocycles. The Morgan fingerprint density at radius 2 is 2.25 bits per heavy atom. The lowest BCUT2D eigenvalue weighted by Crippen LogP contribution is -2.39. The molecule has 0 spiro atoms. The van der Waals surface area contributed by atoms with Gasteiger partial charge in [-0.15, -0.1) is 0 Å². The Hall–Kier alpha value is -1.47. The third kappa shape index (κ3) is 2.20. The Labute approximate surface area is 92.8 Å². The summed E-state index contributed by atoms with van der Waals surface area (Å²) in [4.78, 5) is 16.0. The highest BCUT2D eigenvalue weighted by molar-refractivity contribution is 5.12. The van der Waals surface area contributed by atoms with E-state index in [4.69, 9.17) is 4.74 Å². The molecule has 88 valence electrons. The molecule has 0 bridgehead atoms. The first-order valence-electron chi connectivity index (χ1n) is 5.18. The molecule has 1 aromatic rings. The molecule has 1 unspecified atom stereocenters. The van der Waals surface area contributed by atoms with Crippen molar-refractivity contribution in [2.24, 2.45) is 0 Å². The molecule has 0 saturated carbocycles. The first-order chi connectivity index (χ1) is 7.68. The molecule has 1 aliphatic rings. The van der Waals surface area contributed by atoms with Gasteiger partial charge in [0.1, 0.15) is 6.20 Å². The minimum atomic E-state index is -0.484. The van der Waals surface area contributed by atoms with Crippen LogP contribution in [0.4, 0.5) is 5.82 Å². The van der Waals surface area contributed by atoms with Crippen LogP contribution in [0.5, 0.6) is 0 Å². The maximum atomic E-state index is 10.5. The summed E-state index contributed by atoms with van der Waals surface area (Å²) in [6.07, 6.45) is 3.03. The van der Waals surface area contributed by atoms with Gasteiger partial charge < -0.3 is 14.9 Å². The highest BCUT2D eigenvalue weighted by atomic mass is 16.6. The summed E-state index contributed by atoms with van der Waals surface area (Å²) in [5.41, 5.74) is 0. The van der Waals surface area contributed by atoms with Crippen LogP contribution in [0.1, 0.15) is 13.1 Å². The molecule has 1 saturated heterocycles. The average Bonchev–Trinajstić information content (AvgIpc) is 2.78. The van der Waals surface area contributed by atoms with Gasteiger partial charge in [0.25, 0.3) is 0 Å². The van der Waals surface area contributed by atoms with E-state index in [9.17, 15) is 10.1 Å². The molecule has 1 atom stereocenters. The van der Waals surface area contributed by atoms with Gasteiger partial charge in [-0.2, -0.15) is 0 Å². The Morgan fingerprint density at radius 3 is 2.81 bits per heavy atom. The van der Waals surface area contributed by atoms with Gasteiger partial charge in [-0.3, -0.25) is 9.47 Å². The van der Waals surface area contributed by atoms with E-state index in [1.807, 2.05) is 6.92 Å². The van der Waals surface area contributed by atoms with Gasteiger partial charge >= 0.3 is 5.82 Å². The molecule has 2 rings (SSSR count). The number of nitrogens with zero attached hydrogens (tertiary/aromatic N) is 4. The van der Waals surface area contributed by atoms with Crippen LogP contribution >= 0.6 is 0 Å². The van der Waals surface area contributed by atoms with E-state index in [1.54, 1.807) is 4.57 Å². The predicted octanol–water partition coefficient (Wildman–Crippen LogP) is 0.642. The molecule has 0 amide bonds. The van der Waals surface area contributed by atoms with Crippen molar-refractivity contribution in [3.05, 3.63) is 22.6 Å². The summed E-state index contributed by atoms with van der Waals surface area (Å²) < 4.78 is 7.01. The third-order valence-electron chi connectivity index (χ3n) is 2.78.